The highest BCUT2D eigenvalue weighted by molar-refractivity contribution is 7.90. The summed E-state index contributed by atoms with van der Waals surface area (Å²) in [6.07, 6.45) is 2.76. The van der Waals surface area contributed by atoms with E-state index in [1.807, 2.05) is 78.2 Å². The summed E-state index contributed by atoms with van der Waals surface area (Å²) in [5.74, 6) is 1.53. The van der Waals surface area contributed by atoms with Gasteiger partial charge in [-0.15, -0.1) is 11.3 Å². The predicted octanol–water partition coefficient (Wildman–Crippen LogP) is 5.53. The van der Waals surface area contributed by atoms with Crippen LogP contribution in [-0.4, -0.2) is 41.9 Å². The highest BCUT2D eigenvalue weighted by Crippen LogP contribution is 2.30. The third kappa shape index (κ3) is 6.60. The van der Waals surface area contributed by atoms with E-state index >= 15 is 0 Å². The summed E-state index contributed by atoms with van der Waals surface area (Å²) in [4.78, 5) is 13.5. The van der Waals surface area contributed by atoms with Gasteiger partial charge in [-0.2, -0.15) is 0 Å². The Labute approximate surface area is 219 Å². The lowest BCUT2D eigenvalue weighted by Gasteiger charge is -2.11. The van der Waals surface area contributed by atoms with Crippen molar-refractivity contribution in [2.75, 3.05) is 29.2 Å². The standard InChI is InChI=1S/C27H25N5O3S2/c1-37(33,34)14-13-28-27-32-25(17-36-27)20-7-12-24-23(15-20)26(30-18-29-24)31-21-8-10-22(11-9-21)35-16-19-5-3-2-4-6-19/h2-12,15,17-18H,13-14,16H2,1H3,(H,28,32)(H,29,30,31). The molecule has 0 atom stereocenters. The van der Waals surface area contributed by atoms with E-state index in [-0.39, 0.29) is 5.75 Å². The highest BCUT2D eigenvalue weighted by atomic mass is 32.2. The molecule has 0 bridgehead atoms. The van der Waals surface area contributed by atoms with E-state index in [2.05, 4.69) is 25.6 Å². The fourth-order valence-corrected chi connectivity index (χ4v) is 4.88. The molecule has 0 saturated heterocycles. The van der Waals surface area contributed by atoms with Crippen LogP contribution in [-0.2, 0) is 16.4 Å². The molecular weight excluding hydrogens is 506 g/mol. The molecule has 0 spiro atoms. The third-order valence-corrected chi connectivity index (χ3v) is 7.30. The number of fused-ring (bicyclic) bond motifs is 1. The molecule has 5 rings (SSSR count). The largest absolute Gasteiger partial charge is 0.489 e. The number of rotatable bonds is 10. The molecule has 37 heavy (non-hydrogen) atoms. The minimum atomic E-state index is -3.03. The maximum absolute atomic E-state index is 11.4. The summed E-state index contributed by atoms with van der Waals surface area (Å²) in [7, 11) is -3.03. The molecule has 0 aliphatic carbocycles. The van der Waals surface area contributed by atoms with E-state index in [1.165, 1.54) is 23.9 Å². The van der Waals surface area contributed by atoms with Crippen LogP contribution in [0.15, 0.2) is 84.5 Å². The van der Waals surface area contributed by atoms with Gasteiger partial charge in [0.05, 0.1) is 17.0 Å². The monoisotopic (exact) mass is 531 g/mol. The molecule has 2 aromatic heterocycles. The van der Waals surface area contributed by atoms with Crippen molar-refractivity contribution < 1.29 is 13.2 Å². The summed E-state index contributed by atoms with van der Waals surface area (Å²) in [6.45, 7) is 0.833. The van der Waals surface area contributed by atoms with Crippen LogP contribution >= 0.6 is 11.3 Å². The first-order valence-electron chi connectivity index (χ1n) is 11.6. The Balaban J connectivity index is 1.30. The van der Waals surface area contributed by atoms with Gasteiger partial charge in [-0.3, -0.25) is 0 Å². The molecule has 0 fully saturated rings. The summed E-state index contributed by atoms with van der Waals surface area (Å²) < 4.78 is 28.6. The Kier molecular flexibility index (Phi) is 7.29. The van der Waals surface area contributed by atoms with Gasteiger partial charge >= 0.3 is 0 Å². The number of nitrogens with one attached hydrogen (secondary N) is 2. The van der Waals surface area contributed by atoms with Gasteiger partial charge in [0.25, 0.3) is 0 Å². The Hall–Kier alpha value is -4.02. The van der Waals surface area contributed by atoms with Gasteiger partial charge in [-0.05, 0) is 42.0 Å². The van der Waals surface area contributed by atoms with Gasteiger partial charge in [0.1, 0.15) is 34.3 Å². The number of thiazole rings is 1. The van der Waals surface area contributed by atoms with Crippen LogP contribution < -0.4 is 15.4 Å². The van der Waals surface area contributed by atoms with Crippen molar-refractivity contribution in [3.8, 4) is 17.0 Å². The molecule has 0 aliphatic rings. The number of hydrogen-bond donors (Lipinski definition) is 2. The topological polar surface area (TPSA) is 106 Å². The average molecular weight is 532 g/mol. The van der Waals surface area contributed by atoms with Crippen LogP contribution in [0.4, 0.5) is 16.6 Å². The Morgan fingerprint density at radius 1 is 0.973 bits per heavy atom. The molecule has 2 N–H and O–H groups in total. The van der Waals surface area contributed by atoms with Gasteiger partial charge in [0.2, 0.25) is 0 Å². The predicted molar refractivity (Wildman–Crippen MR) is 149 cm³/mol. The van der Waals surface area contributed by atoms with Gasteiger partial charge in [0.15, 0.2) is 5.13 Å². The molecule has 0 amide bonds. The maximum atomic E-state index is 11.4. The third-order valence-electron chi connectivity index (χ3n) is 5.55. The minimum Gasteiger partial charge on any atom is -0.489 e. The smallest absolute Gasteiger partial charge is 0.183 e. The lowest BCUT2D eigenvalue weighted by Crippen LogP contribution is -2.13. The first-order chi connectivity index (χ1) is 17.9. The summed E-state index contributed by atoms with van der Waals surface area (Å²) in [6, 6.07) is 23.7. The minimum absolute atomic E-state index is 0.0599. The molecule has 8 nitrogen and oxygen atoms in total. The lowest BCUT2D eigenvalue weighted by atomic mass is 10.1. The zero-order valence-corrected chi connectivity index (χ0v) is 21.7. The maximum Gasteiger partial charge on any atom is 0.183 e. The highest BCUT2D eigenvalue weighted by Gasteiger charge is 2.10. The van der Waals surface area contributed by atoms with Gasteiger partial charge in [-0.25, -0.2) is 23.4 Å². The molecule has 0 unspecified atom stereocenters. The molecule has 188 valence electrons. The first kappa shape index (κ1) is 24.7. The van der Waals surface area contributed by atoms with Crippen molar-refractivity contribution in [1.82, 2.24) is 15.0 Å². The van der Waals surface area contributed by atoms with Crippen molar-refractivity contribution in [3.63, 3.8) is 0 Å². The quantitative estimate of drug-likeness (QED) is 0.242. The van der Waals surface area contributed by atoms with E-state index in [4.69, 9.17) is 4.74 Å². The van der Waals surface area contributed by atoms with Gasteiger partial charge < -0.3 is 15.4 Å². The summed E-state index contributed by atoms with van der Waals surface area (Å²) in [5.41, 5.74) is 4.52. The molecule has 0 saturated carbocycles. The molecule has 0 radical (unpaired) electrons. The van der Waals surface area contributed by atoms with Crippen molar-refractivity contribution in [3.05, 3.63) is 90.1 Å². The van der Waals surface area contributed by atoms with E-state index < -0.39 is 9.84 Å². The van der Waals surface area contributed by atoms with E-state index in [0.717, 1.165) is 39.2 Å². The molecule has 5 aromatic rings. The van der Waals surface area contributed by atoms with Crippen LogP contribution in [0.5, 0.6) is 5.75 Å². The van der Waals surface area contributed by atoms with Crippen LogP contribution in [0.25, 0.3) is 22.2 Å². The number of sulfone groups is 1. The number of nitrogens with zero attached hydrogens (tertiary/aromatic N) is 3. The lowest BCUT2D eigenvalue weighted by molar-refractivity contribution is 0.306. The van der Waals surface area contributed by atoms with Crippen LogP contribution in [0.2, 0.25) is 0 Å². The number of anilines is 3. The number of aromatic nitrogens is 3. The number of ether oxygens (including phenoxy) is 1. The van der Waals surface area contributed by atoms with E-state index in [1.54, 1.807) is 0 Å². The fourth-order valence-electron chi connectivity index (χ4n) is 3.66. The van der Waals surface area contributed by atoms with Crippen LogP contribution in [0.1, 0.15) is 5.56 Å². The zero-order valence-electron chi connectivity index (χ0n) is 20.1. The second kappa shape index (κ2) is 10.9. The Morgan fingerprint density at radius 3 is 2.57 bits per heavy atom. The molecule has 2 heterocycles. The van der Waals surface area contributed by atoms with Crippen molar-refractivity contribution in [1.29, 1.82) is 0 Å². The van der Waals surface area contributed by atoms with Crippen molar-refractivity contribution in [2.24, 2.45) is 0 Å². The zero-order chi connectivity index (χ0) is 25.7. The number of benzene rings is 3. The average Bonchev–Trinajstić information content (AvgIpc) is 3.37. The van der Waals surface area contributed by atoms with Gasteiger partial charge in [-0.1, -0.05) is 36.4 Å². The second-order valence-corrected chi connectivity index (χ2v) is 11.6. The Bertz CT molecular complexity index is 1600. The SMILES string of the molecule is CS(=O)(=O)CCNc1nc(-c2ccc3ncnc(Nc4ccc(OCc5ccccc5)cc4)c3c2)cs1. The molecule has 10 heteroatoms. The summed E-state index contributed by atoms with van der Waals surface area (Å²) in [5, 5.41) is 9.94. The van der Waals surface area contributed by atoms with Crippen LogP contribution in [0, 0.1) is 0 Å². The number of hydrogen-bond acceptors (Lipinski definition) is 9. The van der Waals surface area contributed by atoms with Crippen molar-refractivity contribution >= 4 is 48.7 Å². The van der Waals surface area contributed by atoms with E-state index in [9.17, 15) is 8.42 Å². The van der Waals surface area contributed by atoms with Crippen LogP contribution in [0.3, 0.4) is 0 Å². The second-order valence-electron chi connectivity index (χ2n) is 8.47. The Morgan fingerprint density at radius 2 is 1.78 bits per heavy atom. The molecule has 3 aromatic carbocycles. The van der Waals surface area contributed by atoms with Crippen molar-refractivity contribution in [2.45, 2.75) is 6.61 Å². The van der Waals surface area contributed by atoms with E-state index in [0.29, 0.717) is 24.1 Å². The molecule has 0 aliphatic heterocycles. The molecular formula is C27H25N5O3S2. The fraction of sp³-hybridized carbons (Fsp3) is 0.148. The van der Waals surface area contributed by atoms with Gasteiger partial charge in [0, 0.05) is 34.8 Å². The first-order valence-corrected chi connectivity index (χ1v) is 14.5. The summed E-state index contributed by atoms with van der Waals surface area (Å²) >= 11 is 1.44. The normalized spacial score (nSPS) is 11.4.